The zero-order valence-corrected chi connectivity index (χ0v) is 13.7. The molecule has 0 radical (unpaired) electrons. The maximum absolute atomic E-state index is 11.2. The molecule has 6 N–H and O–H groups in total. The first-order valence-electron chi connectivity index (χ1n) is 6.97. The number of carbonyl (C=O) groups is 1. The van der Waals surface area contributed by atoms with Crippen molar-refractivity contribution in [1.82, 2.24) is 5.32 Å². The number of aliphatic hydroxyl groups is 4. The molecule has 1 fully saturated rings. The largest absolute Gasteiger partial charge is 0.480 e. The van der Waals surface area contributed by atoms with Crippen LogP contribution in [-0.4, -0.2) is 85.3 Å². The topological polar surface area (TPSA) is 139 Å². The van der Waals surface area contributed by atoms with Crippen LogP contribution in [0.4, 0.5) is 0 Å². The Bertz CT molecular complexity index is 389. The van der Waals surface area contributed by atoms with Gasteiger partial charge in [-0.05, 0) is 0 Å². The van der Waals surface area contributed by atoms with E-state index in [9.17, 15) is 25.2 Å². The molecular weight excluding hydrogens is 314 g/mol. The molecule has 0 aromatic rings. The van der Waals surface area contributed by atoms with Gasteiger partial charge in [-0.25, -0.2) is 0 Å². The molecular formula is C13H25NO7S. The smallest absolute Gasteiger partial charge is 0.321 e. The van der Waals surface area contributed by atoms with Gasteiger partial charge in [-0.15, -0.1) is 0 Å². The Labute approximate surface area is 133 Å². The number of aliphatic carboxylic acids is 1. The summed E-state index contributed by atoms with van der Waals surface area (Å²) in [5.74, 6) is -2.98. The molecule has 1 rings (SSSR count). The minimum absolute atomic E-state index is 0.117. The third-order valence-electron chi connectivity index (χ3n) is 3.28. The molecule has 1 aliphatic rings. The Balaban J connectivity index is 2.63. The molecule has 8 nitrogen and oxygen atoms in total. The van der Waals surface area contributed by atoms with E-state index in [0.717, 1.165) is 0 Å². The van der Waals surface area contributed by atoms with Crippen molar-refractivity contribution in [3.8, 4) is 0 Å². The number of rotatable bonds is 7. The lowest BCUT2D eigenvalue weighted by Crippen LogP contribution is -2.54. The molecule has 0 bridgehead atoms. The van der Waals surface area contributed by atoms with E-state index in [1.165, 1.54) is 11.8 Å². The second-order valence-electron chi connectivity index (χ2n) is 6.31. The van der Waals surface area contributed by atoms with Crippen LogP contribution in [0.15, 0.2) is 0 Å². The molecule has 0 saturated carbocycles. The monoisotopic (exact) mass is 339 g/mol. The summed E-state index contributed by atoms with van der Waals surface area (Å²) in [4.78, 5) is 11.2. The third-order valence-corrected chi connectivity index (χ3v) is 4.65. The van der Waals surface area contributed by atoms with Gasteiger partial charge in [-0.1, -0.05) is 20.8 Å². The lowest BCUT2D eigenvalue weighted by atomic mass is 10.1. The van der Waals surface area contributed by atoms with Gasteiger partial charge in [0.15, 0.2) is 0 Å². The number of hydrogen-bond donors (Lipinski definition) is 6. The predicted octanol–water partition coefficient (Wildman–Crippen LogP) is -1.64. The molecule has 0 amide bonds. The summed E-state index contributed by atoms with van der Waals surface area (Å²) in [6.07, 6.45) is -4.19. The number of carboxylic acids is 1. The van der Waals surface area contributed by atoms with Crippen molar-refractivity contribution in [2.45, 2.75) is 55.7 Å². The molecule has 0 spiro atoms. The normalized spacial score (nSPS) is 33.9. The van der Waals surface area contributed by atoms with Crippen molar-refractivity contribution >= 4 is 17.7 Å². The Morgan fingerprint density at radius 2 is 2.00 bits per heavy atom. The Kier molecular flexibility index (Phi) is 6.63. The highest BCUT2D eigenvalue weighted by atomic mass is 32.2. The van der Waals surface area contributed by atoms with E-state index in [0.29, 0.717) is 0 Å². The highest BCUT2D eigenvalue weighted by Gasteiger charge is 2.53. The second-order valence-corrected chi connectivity index (χ2v) is 8.16. The van der Waals surface area contributed by atoms with Crippen LogP contribution >= 0.6 is 11.8 Å². The zero-order chi connectivity index (χ0) is 17.1. The standard InChI is InChI=1S/C13H25NO7S/c1-12(2,3)22-5-7(11(18)19)14-6-13(20)10(17)9(16)8(4-15)21-13/h7-10,14-17,20H,4-6H2,1-3H3,(H,18,19)/t7-,8+,9+,10-,13+/m0/s1. The first-order valence-corrected chi connectivity index (χ1v) is 7.96. The van der Waals surface area contributed by atoms with E-state index in [1.54, 1.807) is 0 Å². The molecule has 5 atom stereocenters. The summed E-state index contributed by atoms with van der Waals surface area (Å²) >= 11 is 1.44. The predicted molar refractivity (Wildman–Crippen MR) is 80.6 cm³/mol. The van der Waals surface area contributed by atoms with E-state index in [4.69, 9.17) is 9.84 Å². The van der Waals surface area contributed by atoms with Crippen LogP contribution in [0.5, 0.6) is 0 Å². The van der Waals surface area contributed by atoms with Crippen molar-refractivity contribution < 1.29 is 35.1 Å². The van der Waals surface area contributed by atoms with Crippen LogP contribution < -0.4 is 5.32 Å². The molecule has 1 saturated heterocycles. The lowest BCUT2D eigenvalue weighted by molar-refractivity contribution is -0.227. The summed E-state index contributed by atoms with van der Waals surface area (Å²) in [6.45, 7) is 4.91. The third kappa shape index (κ3) is 5.05. The van der Waals surface area contributed by atoms with Crippen molar-refractivity contribution in [1.29, 1.82) is 0 Å². The van der Waals surface area contributed by atoms with Gasteiger partial charge in [0.05, 0.1) is 13.2 Å². The summed E-state index contributed by atoms with van der Waals surface area (Å²) in [6, 6.07) is -0.950. The average Bonchev–Trinajstić information content (AvgIpc) is 2.61. The van der Waals surface area contributed by atoms with Crippen molar-refractivity contribution in [2.75, 3.05) is 18.9 Å². The highest BCUT2D eigenvalue weighted by molar-refractivity contribution is 8.00. The van der Waals surface area contributed by atoms with E-state index < -0.39 is 42.7 Å². The van der Waals surface area contributed by atoms with Crippen LogP contribution in [0.1, 0.15) is 20.8 Å². The first kappa shape index (κ1) is 19.6. The number of thioether (sulfide) groups is 1. The quantitative estimate of drug-likeness (QED) is 0.322. The van der Waals surface area contributed by atoms with Crippen LogP contribution in [0.25, 0.3) is 0 Å². The van der Waals surface area contributed by atoms with E-state index in [2.05, 4.69) is 5.32 Å². The first-order chi connectivity index (χ1) is 10.00. The number of hydrogen-bond acceptors (Lipinski definition) is 8. The molecule has 0 aromatic carbocycles. The molecule has 130 valence electrons. The van der Waals surface area contributed by atoms with Gasteiger partial charge in [-0.3, -0.25) is 10.1 Å². The fourth-order valence-electron chi connectivity index (χ4n) is 1.98. The van der Waals surface area contributed by atoms with Crippen molar-refractivity contribution in [3.05, 3.63) is 0 Å². The Morgan fingerprint density at radius 3 is 2.41 bits per heavy atom. The van der Waals surface area contributed by atoms with Gasteiger partial charge < -0.3 is 30.3 Å². The molecule has 9 heteroatoms. The van der Waals surface area contributed by atoms with Gasteiger partial charge in [-0.2, -0.15) is 11.8 Å². The molecule has 0 unspecified atom stereocenters. The van der Waals surface area contributed by atoms with E-state index in [1.807, 2.05) is 20.8 Å². The lowest BCUT2D eigenvalue weighted by Gasteiger charge is -2.28. The number of aliphatic hydroxyl groups excluding tert-OH is 3. The van der Waals surface area contributed by atoms with Crippen molar-refractivity contribution in [2.24, 2.45) is 0 Å². The van der Waals surface area contributed by atoms with Crippen molar-refractivity contribution in [3.63, 3.8) is 0 Å². The Morgan fingerprint density at radius 1 is 1.41 bits per heavy atom. The molecule has 0 aromatic heterocycles. The minimum Gasteiger partial charge on any atom is -0.480 e. The van der Waals surface area contributed by atoms with Gasteiger partial charge in [0.2, 0.25) is 5.79 Å². The minimum atomic E-state index is -2.15. The summed E-state index contributed by atoms with van der Waals surface area (Å²) in [5, 5.41) is 50.4. The molecule has 1 heterocycles. The highest BCUT2D eigenvalue weighted by Crippen LogP contribution is 2.29. The van der Waals surface area contributed by atoms with E-state index in [-0.39, 0.29) is 17.0 Å². The number of nitrogens with one attached hydrogen (secondary N) is 1. The summed E-state index contributed by atoms with van der Waals surface area (Å²) in [7, 11) is 0. The molecule has 0 aliphatic carbocycles. The molecule has 1 aliphatic heterocycles. The van der Waals surface area contributed by atoms with Gasteiger partial charge in [0.25, 0.3) is 0 Å². The van der Waals surface area contributed by atoms with Crippen LogP contribution in [0.2, 0.25) is 0 Å². The summed E-state index contributed by atoms with van der Waals surface area (Å²) < 4.78 is 4.92. The van der Waals surface area contributed by atoms with Crippen LogP contribution in [0, 0.1) is 0 Å². The fourth-order valence-corrected chi connectivity index (χ4v) is 2.91. The second kappa shape index (κ2) is 7.43. The maximum Gasteiger partial charge on any atom is 0.321 e. The fraction of sp³-hybridized carbons (Fsp3) is 0.923. The van der Waals surface area contributed by atoms with Crippen LogP contribution in [0.3, 0.4) is 0 Å². The van der Waals surface area contributed by atoms with E-state index >= 15 is 0 Å². The molecule has 22 heavy (non-hydrogen) atoms. The number of carboxylic acid groups (broad SMARTS) is 1. The average molecular weight is 339 g/mol. The number of ether oxygens (including phenoxy) is 1. The Hall–Kier alpha value is -0.420. The summed E-state index contributed by atoms with van der Waals surface area (Å²) in [5.41, 5.74) is 0. The maximum atomic E-state index is 11.2. The van der Waals surface area contributed by atoms with Gasteiger partial charge >= 0.3 is 5.97 Å². The zero-order valence-electron chi connectivity index (χ0n) is 12.9. The van der Waals surface area contributed by atoms with Crippen LogP contribution in [-0.2, 0) is 9.53 Å². The van der Waals surface area contributed by atoms with Gasteiger partial charge in [0, 0.05) is 10.5 Å². The van der Waals surface area contributed by atoms with Gasteiger partial charge in [0.1, 0.15) is 24.4 Å². The SMILES string of the molecule is CC(C)(C)SC[C@H](NC[C@@]1(O)O[C@H](CO)[C@@H](O)[C@@H]1O)C(=O)O.